The fourth-order valence-electron chi connectivity index (χ4n) is 2.12. The van der Waals surface area contributed by atoms with Crippen molar-refractivity contribution in [2.24, 2.45) is 5.92 Å². The third-order valence-corrected chi connectivity index (χ3v) is 4.91. The van der Waals surface area contributed by atoms with Gasteiger partial charge in [0.25, 0.3) is 5.91 Å². The number of carbonyl (C=O) groups excluding carboxylic acids is 2. The van der Waals surface area contributed by atoms with Crippen molar-refractivity contribution in [2.45, 2.75) is 12.8 Å². The van der Waals surface area contributed by atoms with Crippen LogP contribution in [0.2, 0.25) is 0 Å². The summed E-state index contributed by atoms with van der Waals surface area (Å²) in [5.74, 6) is -2.24. The summed E-state index contributed by atoms with van der Waals surface area (Å²) in [6.45, 7) is 0. The Kier molecular flexibility index (Phi) is 3.56. The topological polar surface area (TPSA) is 96.4 Å². The maximum atomic E-state index is 11.9. The second-order valence-corrected chi connectivity index (χ2v) is 6.41. The van der Waals surface area contributed by atoms with Crippen LogP contribution in [0.1, 0.15) is 32.1 Å². The van der Waals surface area contributed by atoms with E-state index < -0.39 is 11.9 Å². The molecule has 0 unspecified atom stereocenters. The Balaban J connectivity index is 1.81. The van der Waals surface area contributed by atoms with Crippen LogP contribution in [0.25, 0.3) is 0 Å². The first kappa shape index (κ1) is 13.9. The molecule has 1 amide bonds. The molecule has 2 aromatic rings. The number of nitrogens with one attached hydrogen (secondary N) is 1. The lowest BCUT2D eigenvalue weighted by Crippen LogP contribution is -2.25. The number of aliphatic carboxylic acids is 1. The molecule has 0 bridgehead atoms. The van der Waals surface area contributed by atoms with Crippen molar-refractivity contribution in [1.29, 1.82) is 0 Å². The van der Waals surface area contributed by atoms with Crippen LogP contribution in [0.5, 0.6) is 0 Å². The molecular weight excluding hydrogens is 312 g/mol. The van der Waals surface area contributed by atoms with Gasteiger partial charge in [-0.3, -0.25) is 19.7 Å². The zero-order valence-corrected chi connectivity index (χ0v) is 12.3. The summed E-state index contributed by atoms with van der Waals surface area (Å²) in [7, 11) is 0. The molecule has 0 saturated carbocycles. The lowest BCUT2D eigenvalue weighted by molar-refractivity contribution is -0.141. The Bertz CT molecular complexity index is 721. The number of anilines is 1. The number of thiophene rings is 1. The average Bonchev–Trinajstić information content (AvgIpc) is 3.06. The van der Waals surface area contributed by atoms with Crippen LogP contribution in [0.15, 0.2) is 16.8 Å². The third-order valence-electron chi connectivity index (χ3n) is 3.18. The summed E-state index contributed by atoms with van der Waals surface area (Å²) in [6.07, 6.45) is 0.212. The second kappa shape index (κ2) is 5.38. The fourth-order valence-corrected chi connectivity index (χ4v) is 3.69. The first-order valence-corrected chi connectivity index (χ1v) is 7.90. The quantitative estimate of drug-likeness (QED) is 0.903. The van der Waals surface area contributed by atoms with Gasteiger partial charge in [-0.25, -0.2) is 4.98 Å². The number of thiazole rings is 1. The first-order valence-electron chi connectivity index (χ1n) is 6.14. The van der Waals surface area contributed by atoms with Gasteiger partial charge in [0, 0.05) is 18.2 Å². The van der Waals surface area contributed by atoms with Gasteiger partial charge in [0.1, 0.15) is 0 Å². The van der Waals surface area contributed by atoms with Crippen LogP contribution in [-0.2, 0) is 11.2 Å². The predicted octanol–water partition coefficient (Wildman–Crippen LogP) is 2.29. The monoisotopic (exact) mass is 322 g/mol. The second-order valence-electron chi connectivity index (χ2n) is 4.63. The average molecular weight is 322 g/mol. The van der Waals surface area contributed by atoms with Crippen molar-refractivity contribution in [1.82, 2.24) is 4.98 Å². The van der Waals surface area contributed by atoms with E-state index in [1.54, 1.807) is 16.8 Å². The molecule has 1 atom stereocenters. The minimum absolute atomic E-state index is 0.0115. The lowest BCUT2D eigenvalue weighted by Gasteiger charge is -2.15. The molecule has 21 heavy (non-hydrogen) atoms. The van der Waals surface area contributed by atoms with Crippen LogP contribution in [0, 0.1) is 5.92 Å². The van der Waals surface area contributed by atoms with E-state index in [2.05, 4.69) is 10.3 Å². The van der Waals surface area contributed by atoms with E-state index >= 15 is 0 Å². The molecule has 108 valence electrons. The molecule has 6 nitrogen and oxygen atoms in total. The molecule has 2 N–H and O–H groups in total. The Morgan fingerprint density at radius 2 is 2.19 bits per heavy atom. The van der Waals surface area contributed by atoms with Gasteiger partial charge in [0.15, 0.2) is 10.9 Å². The molecule has 1 aliphatic rings. The van der Waals surface area contributed by atoms with Gasteiger partial charge in [-0.15, -0.1) is 0 Å². The van der Waals surface area contributed by atoms with E-state index in [0.29, 0.717) is 21.3 Å². The van der Waals surface area contributed by atoms with Crippen molar-refractivity contribution in [3.8, 4) is 0 Å². The number of nitrogens with zero attached hydrogens (tertiary/aromatic N) is 1. The van der Waals surface area contributed by atoms with Gasteiger partial charge in [0.2, 0.25) is 0 Å². The number of carboxylic acid groups (broad SMARTS) is 1. The molecule has 2 heterocycles. The predicted molar refractivity (Wildman–Crippen MR) is 78.2 cm³/mol. The van der Waals surface area contributed by atoms with E-state index in [4.69, 9.17) is 5.11 Å². The van der Waals surface area contributed by atoms with Gasteiger partial charge in [-0.1, -0.05) is 11.3 Å². The highest BCUT2D eigenvalue weighted by Gasteiger charge is 2.33. The summed E-state index contributed by atoms with van der Waals surface area (Å²) in [5.41, 5.74) is 0.993. The van der Waals surface area contributed by atoms with Gasteiger partial charge in [0.05, 0.1) is 22.1 Å². The number of rotatable bonds is 3. The van der Waals surface area contributed by atoms with E-state index in [1.165, 1.54) is 11.3 Å². The largest absolute Gasteiger partial charge is 0.481 e. The number of hydrogen-bond donors (Lipinski definition) is 2. The number of aromatic nitrogens is 1. The van der Waals surface area contributed by atoms with E-state index in [-0.39, 0.29) is 24.5 Å². The summed E-state index contributed by atoms with van der Waals surface area (Å²) < 4.78 is 0. The van der Waals surface area contributed by atoms with Crippen molar-refractivity contribution in [2.75, 3.05) is 5.32 Å². The van der Waals surface area contributed by atoms with E-state index in [0.717, 1.165) is 11.3 Å². The first-order chi connectivity index (χ1) is 10.0. The van der Waals surface area contributed by atoms with Gasteiger partial charge in [-0.05, 0) is 11.4 Å². The minimum atomic E-state index is -0.995. The Morgan fingerprint density at radius 1 is 1.38 bits per heavy atom. The van der Waals surface area contributed by atoms with E-state index in [9.17, 15) is 14.4 Å². The number of fused-ring (bicyclic) bond motifs is 1. The molecule has 0 spiro atoms. The molecule has 8 heteroatoms. The van der Waals surface area contributed by atoms with Gasteiger partial charge in [-0.2, -0.15) is 11.3 Å². The number of amides is 1. The highest BCUT2D eigenvalue weighted by Crippen LogP contribution is 2.32. The van der Waals surface area contributed by atoms with Crippen molar-refractivity contribution >= 4 is 45.5 Å². The number of hydrogen-bond acceptors (Lipinski definition) is 6. The minimum Gasteiger partial charge on any atom is -0.481 e. The van der Waals surface area contributed by atoms with Crippen molar-refractivity contribution < 1.29 is 19.5 Å². The Hall–Kier alpha value is -2.06. The van der Waals surface area contributed by atoms with Gasteiger partial charge >= 0.3 is 5.97 Å². The van der Waals surface area contributed by atoms with Crippen LogP contribution in [-0.4, -0.2) is 27.8 Å². The molecule has 0 fully saturated rings. The number of Topliss-reactive ketones (excluding diaryl/α,β-unsaturated/α-hetero) is 1. The molecule has 0 radical (unpaired) electrons. The molecular formula is C13H10N2O4S2. The smallest absolute Gasteiger partial charge is 0.307 e. The lowest BCUT2D eigenvalue weighted by atomic mass is 9.90. The van der Waals surface area contributed by atoms with E-state index in [1.807, 2.05) is 0 Å². The maximum Gasteiger partial charge on any atom is 0.307 e. The van der Waals surface area contributed by atoms with Crippen LogP contribution < -0.4 is 5.32 Å². The van der Waals surface area contributed by atoms with Crippen molar-refractivity contribution in [3.05, 3.63) is 33.0 Å². The summed E-state index contributed by atoms with van der Waals surface area (Å²) in [4.78, 5) is 39.5. The van der Waals surface area contributed by atoms with Crippen molar-refractivity contribution in [3.63, 3.8) is 0 Å². The number of ketones is 1. The van der Waals surface area contributed by atoms with Gasteiger partial charge < -0.3 is 5.11 Å². The highest BCUT2D eigenvalue weighted by molar-refractivity contribution is 7.17. The van der Waals surface area contributed by atoms with Crippen LogP contribution in [0.3, 0.4) is 0 Å². The SMILES string of the molecule is O=C(Nc1nc2c(s1)C(=O)C[C@@H](C(=O)O)C2)c1ccsc1. The standard InChI is InChI=1S/C13H10N2O4S2/c16-9-4-7(12(18)19)3-8-10(9)21-13(14-8)15-11(17)6-1-2-20-5-6/h1-2,5,7H,3-4H2,(H,18,19)(H,14,15,17)/t7-/m0/s1. The highest BCUT2D eigenvalue weighted by atomic mass is 32.1. The molecule has 0 aromatic carbocycles. The fraction of sp³-hybridized carbons (Fsp3) is 0.231. The summed E-state index contributed by atoms with van der Waals surface area (Å²) in [6, 6.07) is 1.69. The normalized spacial score (nSPS) is 17.3. The third kappa shape index (κ3) is 2.72. The molecule has 2 aromatic heterocycles. The van der Waals surface area contributed by atoms with Crippen LogP contribution >= 0.6 is 22.7 Å². The Labute approximate surface area is 127 Å². The van der Waals surface area contributed by atoms with Crippen LogP contribution in [0.4, 0.5) is 5.13 Å². The molecule has 0 aliphatic heterocycles. The molecule has 0 saturated heterocycles. The summed E-state index contributed by atoms with van der Waals surface area (Å²) in [5, 5.41) is 15.5. The number of carboxylic acids is 1. The Morgan fingerprint density at radius 3 is 2.86 bits per heavy atom. The molecule has 1 aliphatic carbocycles. The summed E-state index contributed by atoms with van der Waals surface area (Å²) >= 11 is 2.51. The molecule has 3 rings (SSSR count). The zero-order chi connectivity index (χ0) is 15.0. The maximum absolute atomic E-state index is 11.9. The number of carbonyl (C=O) groups is 3. The zero-order valence-electron chi connectivity index (χ0n) is 10.7.